The molecule has 5 heteroatoms. The van der Waals surface area contributed by atoms with Crippen molar-refractivity contribution in [2.45, 2.75) is 13.0 Å². The molecule has 0 amide bonds. The maximum atomic E-state index is 13.6. The SMILES string of the molecule is COc1cc2c(cc1OC)-c1c(C(=O)c3ccccc3)c3cc(O)ccc3n1CC2. The second-order valence-corrected chi connectivity index (χ2v) is 7.39. The quantitative estimate of drug-likeness (QED) is 0.500. The number of fused-ring (bicyclic) bond motifs is 5. The van der Waals surface area contributed by atoms with Gasteiger partial charge in [-0.1, -0.05) is 30.3 Å². The first-order valence-electron chi connectivity index (χ1n) is 9.82. The number of phenolic OH excluding ortho intramolecular Hbond substituents is 1. The molecule has 1 aliphatic rings. The first-order valence-corrected chi connectivity index (χ1v) is 9.82. The van der Waals surface area contributed by atoms with Gasteiger partial charge in [0.2, 0.25) is 0 Å². The topological polar surface area (TPSA) is 60.7 Å². The monoisotopic (exact) mass is 399 g/mol. The van der Waals surface area contributed by atoms with Crippen LogP contribution in [0.15, 0.2) is 60.7 Å². The lowest BCUT2D eigenvalue weighted by Gasteiger charge is -2.23. The highest BCUT2D eigenvalue weighted by Crippen LogP contribution is 2.44. The van der Waals surface area contributed by atoms with E-state index in [9.17, 15) is 9.90 Å². The van der Waals surface area contributed by atoms with Crippen LogP contribution in [0, 0.1) is 0 Å². The molecule has 0 spiro atoms. The van der Waals surface area contributed by atoms with Gasteiger partial charge in [-0.3, -0.25) is 4.79 Å². The Balaban J connectivity index is 1.85. The van der Waals surface area contributed by atoms with E-state index in [2.05, 4.69) is 4.57 Å². The molecular formula is C25H21NO4. The van der Waals surface area contributed by atoms with Gasteiger partial charge in [-0.15, -0.1) is 0 Å². The molecule has 30 heavy (non-hydrogen) atoms. The normalized spacial score (nSPS) is 12.3. The van der Waals surface area contributed by atoms with E-state index < -0.39 is 0 Å². The summed E-state index contributed by atoms with van der Waals surface area (Å²) >= 11 is 0. The summed E-state index contributed by atoms with van der Waals surface area (Å²) in [6, 6.07) is 18.4. The molecular weight excluding hydrogens is 378 g/mol. The van der Waals surface area contributed by atoms with E-state index in [4.69, 9.17) is 9.47 Å². The van der Waals surface area contributed by atoms with Crippen molar-refractivity contribution in [1.82, 2.24) is 4.57 Å². The average molecular weight is 399 g/mol. The van der Waals surface area contributed by atoms with E-state index in [0.717, 1.165) is 40.7 Å². The van der Waals surface area contributed by atoms with Crippen LogP contribution in [0.25, 0.3) is 22.2 Å². The van der Waals surface area contributed by atoms with Gasteiger partial charge in [-0.2, -0.15) is 0 Å². The summed E-state index contributed by atoms with van der Waals surface area (Å²) in [5.41, 5.74) is 5.06. The molecule has 0 unspecified atom stereocenters. The number of rotatable bonds is 4. The fourth-order valence-corrected chi connectivity index (χ4v) is 4.40. The van der Waals surface area contributed by atoms with E-state index in [0.29, 0.717) is 22.6 Å². The Morgan fingerprint density at radius 1 is 0.967 bits per heavy atom. The molecule has 4 aromatic rings. The Kier molecular flexibility index (Phi) is 4.24. The Bertz CT molecular complexity index is 1290. The van der Waals surface area contributed by atoms with E-state index in [1.54, 1.807) is 26.4 Å². The summed E-state index contributed by atoms with van der Waals surface area (Å²) < 4.78 is 13.2. The van der Waals surface area contributed by atoms with Gasteiger partial charge in [-0.05, 0) is 42.3 Å². The van der Waals surface area contributed by atoms with Gasteiger partial charge in [0.05, 0.1) is 25.5 Å². The summed E-state index contributed by atoms with van der Waals surface area (Å²) in [5, 5.41) is 10.9. The molecule has 0 fully saturated rings. The van der Waals surface area contributed by atoms with Crippen LogP contribution in [0.2, 0.25) is 0 Å². The van der Waals surface area contributed by atoms with E-state index in [1.807, 2.05) is 48.5 Å². The van der Waals surface area contributed by atoms with Crippen molar-refractivity contribution in [3.63, 3.8) is 0 Å². The van der Waals surface area contributed by atoms with Crippen LogP contribution in [0.5, 0.6) is 17.2 Å². The minimum Gasteiger partial charge on any atom is -0.508 e. The van der Waals surface area contributed by atoms with Crippen LogP contribution in [0.3, 0.4) is 0 Å². The molecule has 150 valence electrons. The molecule has 1 aliphatic heterocycles. The van der Waals surface area contributed by atoms with Crippen LogP contribution < -0.4 is 9.47 Å². The third kappa shape index (κ3) is 2.66. The number of aromatic nitrogens is 1. The summed E-state index contributed by atoms with van der Waals surface area (Å²) in [6.45, 7) is 0.737. The molecule has 0 saturated heterocycles. The van der Waals surface area contributed by atoms with Gasteiger partial charge < -0.3 is 19.1 Å². The van der Waals surface area contributed by atoms with E-state index in [-0.39, 0.29) is 11.5 Å². The van der Waals surface area contributed by atoms with Gasteiger partial charge in [0.15, 0.2) is 17.3 Å². The zero-order chi connectivity index (χ0) is 20.8. The molecule has 0 aliphatic carbocycles. The first-order chi connectivity index (χ1) is 14.6. The number of ether oxygens (including phenoxy) is 2. The number of methoxy groups -OCH3 is 2. The molecule has 1 aromatic heterocycles. The number of aromatic hydroxyl groups is 1. The molecule has 0 bridgehead atoms. The highest BCUT2D eigenvalue weighted by atomic mass is 16.5. The van der Waals surface area contributed by atoms with Crippen molar-refractivity contribution >= 4 is 16.7 Å². The van der Waals surface area contributed by atoms with Crippen LogP contribution in [-0.4, -0.2) is 29.7 Å². The van der Waals surface area contributed by atoms with Crippen LogP contribution >= 0.6 is 0 Å². The van der Waals surface area contributed by atoms with E-state index in [1.165, 1.54) is 0 Å². The van der Waals surface area contributed by atoms with Crippen LogP contribution in [0.4, 0.5) is 0 Å². The smallest absolute Gasteiger partial charge is 0.195 e. The highest BCUT2D eigenvalue weighted by molar-refractivity contribution is 6.21. The lowest BCUT2D eigenvalue weighted by molar-refractivity contribution is 0.104. The number of ketones is 1. The highest BCUT2D eigenvalue weighted by Gasteiger charge is 2.29. The van der Waals surface area contributed by atoms with Crippen molar-refractivity contribution in [3.05, 3.63) is 77.4 Å². The Labute approximate surface area is 174 Å². The molecule has 0 saturated carbocycles. The fourth-order valence-electron chi connectivity index (χ4n) is 4.40. The predicted octanol–water partition coefficient (Wildman–Crippen LogP) is 4.82. The average Bonchev–Trinajstić information content (AvgIpc) is 3.11. The minimum absolute atomic E-state index is 0.0671. The summed E-state index contributed by atoms with van der Waals surface area (Å²) in [5.74, 6) is 1.37. The molecule has 2 heterocycles. The summed E-state index contributed by atoms with van der Waals surface area (Å²) in [4.78, 5) is 13.6. The number of benzene rings is 3. The van der Waals surface area contributed by atoms with Crippen molar-refractivity contribution in [1.29, 1.82) is 0 Å². The number of aryl methyl sites for hydroxylation is 2. The lowest BCUT2D eigenvalue weighted by Crippen LogP contribution is -2.13. The lowest BCUT2D eigenvalue weighted by atomic mass is 9.92. The van der Waals surface area contributed by atoms with Gasteiger partial charge >= 0.3 is 0 Å². The number of carbonyl (C=O) groups is 1. The molecule has 3 aromatic carbocycles. The number of nitrogens with zero attached hydrogens (tertiary/aromatic N) is 1. The van der Waals surface area contributed by atoms with Gasteiger partial charge in [0.25, 0.3) is 0 Å². The summed E-state index contributed by atoms with van der Waals surface area (Å²) in [7, 11) is 3.23. The first kappa shape index (κ1) is 18.3. The molecule has 5 rings (SSSR count). The molecule has 0 atom stereocenters. The van der Waals surface area contributed by atoms with Gasteiger partial charge in [0, 0.05) is 28.6 Å². The number of hydrogen-bond donors (Lipinski definition) is 1. The zero-order valence-electron chi connectivity index (χ0n) is 16.8. The maximum Gasteiger partial charge on any atom is 0.195 e. The van der Waals surface area contributed by atoms with Crippen molar-refractivity contribution in [3.8, 4) is 28.5 Å². The van der Waals surface area contributed by atoms with E-state index >= 15 is 0 Å². The van der Waals surface area contributed by atoms with Gasteiger partial charge in [0.1, 0.15) is 5.75 Å². The Morgan fingerprint density at radius 2 is 1.70 bits per heavy atom. The second kappa shape index (κ2) is 6.95. The second-order valence-electron chi connectivity index (χ2n) is 7.39. The number of carbonyl (C=O) groups excluding carboxylic acids is 1. The number of phenols is 1. The third-order valence-corrected chi connectivity index (χ3v) is 5.78. The van der Waals surface area contributed by atoms with Crippen LogP contribution in [0.1, 0.15) is 21.5 Å². The zero-order valence-corrected chi connectivity index (χ0v) is 16.8. The van der Waals surface area contributed by atoms with Crippen LogP contribution in [-0.2, 0) is 13.0 Å². The van der Waals surface area contributed by atoms with Crippen molar-refractivity contribution in [2.24, 2.45) is 0 Å². The molecule has 0 radical (unpaired) electrons. The Morgan fingerprint density at radius 3 is 2.43 bits per heavy atom. The maximum absolute atomic E-state index is 13.6. The molecule has 1 N–H and O–H groups in total. The standard InChI is InChI=1S/C25H21NO4/c1-29-21-12-16-10-11-26-20-9-8-17(27)13-19(20)23(24(26)18(16)14-22(21)30-2)25(28)15-6-4-3-5-7-15/h3-9,12-14,27H,10-11H2,1-2H3. The predicted molar refractivity (Wildman–Crippen MR) is 116 cm³/mol. The number of hydrogen-bond acceptors (Lipinski definition) is 4. The van der Waals surface area contributed by atoms with Gasteiger partial charge in [-0.25, -0.2) is 0 Å². The molecule has 5 nitrogen and oxygen atoms in total. The largest absolute Gasteiger partial charge is 0.508 e. The van der Waals surface area contributed by atoms with Crippen molar-refractivity contribution in [2.75, 3.05) is 14.2 Å². The fraction of sp³-hybridized carbons (Fsp3) is 0.160. The third-order valence-electron chi connectivity index (χ3n) is 5.78. The Hall–Kier alpha value is -3.73. The summed E-state index contributed by atoms with van der Waals surface area (Å²) in [6.07, 6.45) is 0.812. The van der Waals surface area contributed by atoms with Crippen molar-refractivity contribution < 1.29 is 19.4 Å². The minimum atomic E-state index is -0.0671.